The maximum atomic E-state index is 3.64. The number of aromatic amines is 1. The lowest BCUT2D eigenvalue weighted by Crippen LogP contribution is -2.38. The standard InChI is InChI=1S/C14H25N3/c1-14(2,13-4-3-7-17-13)11-16-10-12-5-8-15-9-6-12/h3-4,7,12,15-17H,5-6,8-11H2,1-2H3. The molecule has 0 amide bonds. The average molecular weight is 235 g/mol. The second-order valence-corrected chi connectivity index (χ2v) is 5.79. The van der Waals surface area contributed by atoms with E-state index in [-0.39, 0.29) is 5.41 Å². The molecule has 1 aliphatic rings. The summed E-state index contributed by atoms with van der Waals surface area (Å²) in [5.74, 6) is 0.857. The molecule has 0 bridgehead atoms. The first-order chi connectivity index (χ1) is 8.18. The lowest BCUT2D eigenvalue weighted by molar-refractivity contribution is 0.341. The van der Waals surface area contributed by atoms with Crippen LogP contribution in [0.1, 0.15) is 32.4 Å². The normalized spacial score (nSPS) is 18.5. The van der Waals surface area contributed by atoms with Crippen molar-refractivity contribution in [2.45, 2.75) is 32.1 Å². The smallest absolute Gasteiger partial charge is 0.0217 e. The summed E-state index contributed by atoms with van der Waals surface area (Å²) < 4.78 is 0. The molecule has 2 rings (SSSR count). The van der Waals surface area contributed by atoms with E-state index in [1.54, 1.807) is 0 Å². The van der Waals surface area contributed by atoms with Gasteiger partial charge >= 0.3 is 0 Å². The summed E-state index contributed by atoms with van der Waals surface area (Å²) in [5, 5.41) is 7.05. The van der Waals surface area contributed by atoms with Crippen LogP contribution in [0.25, 0.3) is 0 Å². The Morgan fingerprint density at radius 2 is 2.12 bits per heavy atom. The second-order valence-electron chi connectivity index (χ2n) is 5.79. The Labute approximate surface area is 104 Å². The Morgan fingerprint density at radius 1 is 1.35 bits per heavy atom. The average Bonchev–Trinajstić information content (AvgIpc) is 2.84. The highest BCUT2D eigenvalue weighted by molar-refractivity contribution is 5.15. The van der Waals surface area contributed by atoms with Gasteiger partial charge in [0.05, 0.1) is 0 Å². The molecule has 1 saturated heterocycles. The zero-order chi connectivity index (χ0) is 12.1. The van der Waals surface area contributed by atoms with E-state index >= 15 is 0 Å². The minimum Gasteiger partial charge on any atom is -0.365 e. The van der Waals surface area contributed by atoms with Crippen molar-refractivity contribution in [3.8, 4) is 0 Å². The highest BCUT2D eigenvalue weighted by Gasteiger charge is 2.21. The van der Waals surface area contributed by atoms with Crippen LogP contribution < -0.4 is 10.6 Å². The van der Waals surface area contributed by atoms with Crippen molar-refractivity contribution in [1.82, 2.24) is 15.6 Å². The Morgan fingerprint density at radius 3 is 2.76 bits per heavy atom. The summed E-state index contributed by atoms with van der Waals surface area (Å²) in [5.41, 5.74) is 1.51. The third-order valence-electron chi connectivity index (χ3n) is 3.79. The summed E-state index contributed by atoms with van der Waals surface area (Å²) in [7, 11) is 0. The molecule has 0 saturated carbocycles. The number of hydrogen-bond donors (Lipinski definition) is 3. The molecule has 3 nitrogen and oxygen atoms in total. The predicted octanol–water partition coefficient (Wildman–Crippen LogP) is 1.88. The van der Waals surface area contributed by atoms with E-state index in [0.717, 1.165) is 19.0 Å². The summed E-state index contributed by atoms with van der Waals surface area (Å²) in [6.07, 6.45) is 4.63. The van der Waals surface area contributed by atoms with Crippen molar-refractivity contribution in [1.29, 1.82) is 0 Å². The Balaban J connectivity index is 1.74. The molecule has 0 atom stereocenters. The second kappa shape index (κ2) is 5.69. The van der Waals surface area contributed by atoms with E-state index in [9.17, 15) is 0 Å². The molecule has 17 heavy (non-hydrogen) atoms. The lowest BCUT2D eigenvalue weighted by Gasteiger charge is -2.27. The third-order valence-corrected chi connectivity index (χ3v) is 3.79. The minimum atomic E-state index is 0.191. The summed E-state index contributed by atoms with van der Waals surface area (Å²) in [6, 6.07) is 4.25. The topological polar surface area (TPSA) is 39.8 Å². The quantitative estimate of drug-likeness (QED) is 0.729. The number of nitrogens with one attached hydrogen (secondary N) is 3. The molecular formula is C14H25N3. The molecule has 1 aromatic rings. The van der Waals surface area contributed by atoms with Crippen LogP contribution in [-0.2, 0) is 5.41 Å². The van der Waals surface area contributed by atoms with Gasteiger partial charge in [0.15, 0.2) is 0 Å². The van der Waals surface area contributed by atoms with Crippen LogP contribution >= 0.6 is 0 Å². The number of rotatable bonds is 5. The highest BCUT2D eigenvalue weighted by Crippen LogP contribution is 2.20. The van der Waals surface area contributed by atoms with Gasteiger partial charge in [-0.2, -0.15) is 0 Å². The van der Waals surface area contributed by atoms with E-state index in [1.165, 1.54) is 31.6 Å². The Kier molecular flexibility index (Phi) is 4.24. The summed E-state index contributed by atoms with van der Waals surface area (Å²) in [4.78, 5) is 3.32. The van der Waals surface area contributed by atoms with E-state index in [1.807, 2.05) is 6.20 Å². The molecule has 0 radical (unpaired) electrons. The Bertz CT molecular complexity index is 310. The van der Waals surface area contributed by atoms with Gasteiger partial charge in [-0.05, 0) is 50.5 Å². The van der Waals surface area contributed by atoms with Gasteiger partial charge in [0.25, 0.3) is 0 Å². The molecule has 1 aromatic heterocycles. The largest absolute Gasteiger partial charge is 0.365 e. The fourth-order valence-corrected chi connectivity index (χ4v) is 2.52. The minimum absolute atomic E-state index is 0.191. The van der Waals surface area contributed by atoms with E-state index < -0.39 is 0 Å². The van der Waals surface area contributed by atoms with Gasteiger partial charge in [-0.25, -0.2) is 0 Å². The molecule has 0 aromatic carbocycles. The van der Waals surface area contributed by atoms with Crippen LogP contribution in [0, 0.1) is 5.92 Å². The first-order valence-electron chi connectivity index (χ1n) is 6.74. The van der Waals surface area contributed by atoms with E-state index in [4.69, 9.17) is 0 Å². The van der Waals surface area contributed by atoms with Gasteiger partial charge in [-0.3, -0.25) is 0 Å². The number of H-pyrrole nitrogens is 1. The molecule has 0 aliphatic carbocycles. The number of aromatic nitrogens is 1. The van der Waals surface area contributed by atoms with E-state index in [2.05, 4.69) is 41.6 Å². The van der Waals surface area contributed by atoms with Gasteiger partial charge < -0.3 is 15.6 Å². The van der Waals surface area contributed by atoms with Crippen LogP contribution in [0.3, 0.4) is 0 Å². The zero-order valence-electron chi connectivity index (χ0n) is 11.1. The van der Waals surface area contributed by atoms with Gasteiger partial charge in [0.1, 0.15) is 0 Å². The number of piperidine rings is 1. The van der Waals surface area contributed by atoms with Crippen molar-refractivity contribution in [3.63, 3.8) is 0 Å². The fourth-order valence-electron chi connectivity index (χ4n) is 2.52. The number of hydrogen-bond acceptors (Lipinski definition) is 2. The Hall–Kier alpha value is -0.800. The van der Waals surface area contributed by atoms with Crippen LogP contribution in [0.5, 0.6) is 0 Å². The van der Waals surface area contributed by atoms with Crippen molar-refractivity contribution in [2.24, 2.45) is 5.92 Å². The van der Waals surface area contributed by atoms with Crippen LogP contribution in [-0.4, -0.2) is 31.2 Å². The van der Waals surface area contributed by atoms with Crippen molar-refractivity contribution < 1.29 is 0 Å². The molecular weight excluding hydrogens is 210 g/mol. The predicted molar refractivity (Wildman–Crippen MR) is 72.3 cm³/mol. The monoisotopic (exact) mass is 235 g/mol. The highest BCUT2D eigenvalue weighted by atomic mass is 14.9. The maximum Gasteiger partial charge on any atom is 0.0217 e. The third kappa shape index (κ3) is 3.58. The van der Waals surface area contributed by atoms with Crippen molar-refractivity contribution in [2.75, 3.05) is 26.2 Å². The van der Waals surface area contributed by atoms with Gasteiger partial charge in [0, 0.05) is 23.9 Å². The molecule has 96 valence electrons. The van der Waals surface area contributed by atoms with Crippen LogP contribution in [0.2, 0.25) is 0 Å². The molecule has 2 heterocycles. The van der Waals surface area contributed by atoms with Gasteiger partial charge in [-0.1, -0.05) is 13.8 Å². The first kappa shape index (κ1) is 12.7. The first-order valence-corrected chi connectivity index (χ1v) is 6.74. The van der Waals surface area contributed by atoms with Crippen molar-refractivity contribution in [3.05, 3.63) is 24.0 Å². The summed E-state index contributed by atoms with van der Waals surface area (Å²) >= 11 is 0. The molecule has 3 N–H and O–H groups in total. The van der Waals surface area contributed by atoms with Gasteiger partial charge in [-0.15, -0.1) is 0 Å². The molecule has 0 spiro atoms. The SMILES string of the molecule is CC(C)(CNCC1CCNCC1)c1ccc[nH]1. The summed E-state index contributed by atoms with van der Waals surface area (Å²) in [6.45, 7) is 9.14. The lowest BCUT2D eigenvalue weighted by atomic mass is 9.89. The maximum absolute atomic E-state index is 3.64. The van der Waals surface area contributed by atoms with Gasteiger partial charge in [0.2, 0.25) is 0 Å². The van der Waals surface area contributed by atoms with Crippen LogP contribution in [0.15, 0.2) is 18.3 Å². The molecule has 1 aliphatic heterocycles. The fraction of sp³-hybridized carbons (Fsp3) is 0.714. The van der Waals surface area contributed by atoms with Crippen molar-refractivity contribution >= 4 is 0 Å². The molecule has 0 unspecified atom stereocenters. The zero-order valence-corrected chi connectivity index (χ0v) is 11.1. The molecule has 1 fully saturated rings. The molecule has 3 heteroatoms. The van der Waals surface area contributed by atoms with E-state index in [0.29, 0.717) is 0 Å². The van der Waals surface area contributed by atoms with Crippen LogP contribution in [0.4, 0.5) is 0 Å².